The molecule has 0 aliphatic rings. The van der Waals surface area contributed by atoms with Crippen molar-refractivity contribution >= 4 is 0 Å². The average molecular weight is 211 g/mol. The Morgan fingerprint density at radius 2 is 1.73 bits per heavy atom. The predicted octanol–water partition coefficient (Wildman–Crippen LogP) is 4.15. The van der Waals surface area contributed by atoms with Crippen molar-refractivity contribution in [2.24, 2.45) is 5.92 Å². The number of unbranched alkanes of at least 4 members (excludes halogenated alkanes) is 1. The minimum absolute atomic E-state index is 0.713. The molecule has 0 bridgehead atoms. The van der Waals surface area contributed by atoms with Gasteiger partial charge in [0.1, 0.15) is 0 Å². The molecule has 0 fully saturated rings. The Bertz CT molecular complexity index is 136. The van der Waals surface area contributed by atoms with Crippen LogP contribution in [-0.2, 0) is 0 Å². The van der Waals surface area contributed by atoms with E-state index in [4.69, 9.17) is 0 Å². The molecule has 0 spiro atoms. The summed E-state index contributed by atoms with van der Waals surface area (Å²) in [5.41, 5.74) is 0. The zero-order valence-electron chi connectivity index (χ0n) is 10.9. The normalized spacial score (nSPS) is 13.1. The average Bonchev–Trinajstić information content (AvgIpc) is 2.24. The molecule has 1 unspecified atom stereocenters. The van der Waals surface area contributed by atoms with Gasteiger partial charge >= 0.3 is 0 Å². The zero-order valence-corrected chi connectivity index (χ0v) is 10.9. The van der Waals surface area contributed by atoms with Crippen molar-refractivity contribution in [1.29, 1.82) is 0 Å². The fourth-order valence-electron chi connectivity index (χ4n) is 2.39. The Labute approximate surface area is 96.3 Å². The first-order valence-electron chi connectivity index (χ1n) is 6.58. The molecule has 1 N–H and O–H groups in total. The quantitative estimate of drug-likeness (QED) is 0.423. The highest BCUT2D eigenvalue weighted by Gasteiger charge is 2.17. The molecule has 0 aromatic heterocycles. The van der Waals surface area contributed by atoms with E-state index in [1.54, 1.807) is 0 Å². The van der Waals surface area contributed by atoms with Gasteiger partial charge in [-0.2, -0.15) is 0 Å². The van der Waals surface area contributed by atoms with E-state index in [2.05, 4.69) is 32.8 Å². The van der Waals surface area contributed by atoms with Crippen molar-refractivity contribution in [2.45, 2.75) is 64.8 Å². The predicted molar refractivity (Wildman–Crippen MR) is 70.2 cm³/mol. The van der Waals surface area contributed by atoms with Gasteiger partial charge < -0.3 is 5.32 Å². The number of nitrogens with one attached hydrogen (secondary N) is 1. The Kier molecular flexibility index (Phi) is 10.0. The van der Waals surface area contributed by atoms with E-state index in [1.165, 1.54) is 38.5 Å². The first-order valence-corrected chi connectivity index (χ1v) is 6.58. The summed E-state index contributed by atoms with van der Waals surface area (Å²) in [6, 6.07) is 0.713. The Morgan fingerprint density at radius 1 is 1.13 bits per heavy atom. The number of allylic oxidation sites excluding steroid dienone is 1. The summed E-state index contributed by atoms with van der Waals surface area (Å²) in [7, 11) is 2.11. The zero-order chi connectivity index (χ0) is 11.5. The Balaban J connectivity index is 3.98. The van der Waals surface area contributed by atoms with E-state index in [1.807, 2.05) is 6.08 Å². The van der Waals surface area contributed by atoms with Crippen LogP contribution in [-0.4, -0.2) is 13.1 Å². The topological polar surface area (TPSA) is 12.0 Å². The minimum Gasteiger partial charge on any atom is -0.317 e. The van der Waals surface area contributed by atoms with Crippen molar-refractivity contribution in [3.05, 3.63) is 12.7 Å². The number of hydrogen-bond donors (Lipinski definition) is 1. The summed E-state index contributed by atoms with van der Waals surface area (Å²) in [5, 5.41) is 3.50. The molecule has 0 aliphatic heterocycles. The van der Waals surface area contributed by atoms with Gasteiger partial charge in [-0.25, -0.2) is 0 Å². The molecule has 0 aromatic rings. The standard InChI is InChI=1S/C14H29N/c1-5-8-9-12-14(15-4)13(10-6-2)11-7-3/h5,13-15H,1,6-12H2,2-4H3. The molecule has 0 heterocycles. The van der Waals surface area contributed by atoms with Crippen LogP contribution in [0.5, 0.6) is 0 Å². The highest BCUT2D eigenvalue weighted by Crippen LogP contribution is 2.21. The third-order valence-electron chi connectivity index (χ3n) is 3.18. The molecule has 1 atom stereocenters. The SMILES string of the molecule is C=CCCCC(NC)C(CCC)CCC. The fraction of sp³-hybridized carbons (Fsp3) is 0.857. The van der Waals surface area contributed by atoms with Crippen LogP contribution < -0.4 is 5.32 Å². The van der Waals surface area contributed by atoms with Crippen molar-refractivity contribution in [1.82, 2.24) is 5.32 Å². The monoisotopic (exact) mass is 211 g/mol. The molecule has 0 saturated heterocycles. The lowest BCUT2D eigenvalue weighted by atomic mass is 9.87. The maximum absolute atomic E-state index is 3.78. The van der Waals surface area contributed by atoms with E-state index < -0.39 is 0 Å². The lowest BCUT2D eigenvalue weighted by molar-refractivity contribution is 0.306. The summed E-state index contributed by atoms with van der Waals surface area (Å²) in [4.78, 5) is 0. The molecule has 0 radical (unpaired) electrons. The maximum Gasteiger partial charge on any atom is 0.00924 e. The van der Waals surface area contributed by atoms with Gasteiger partial charge in [-0.1, -0.05) is 32.8 Å². The summed E-state index contributed by atoms with van der Waals surface area (Å²) >= 11 is 0. The molecule has 1 heteroatoms. The van der Waals surface area contributed by atoms with Crippen LogP contribution >= 0.6 is 0 Å². The van der Waals surface area contributed by atoms with Gasteiger partial charge in [0.05, 0.1) is 0 Å². The van der Waals surface area contributed by atoms with Crippen LogP contribution in [0.2, 0.25) is 0 Å². The van der Waals surface area contributed by atoms with Gasteiger partial charge in [0.2, 0.25) is 0 Å². The highest BCUT2D eigenvalue weighted by atomic mass is 14.9. The Morgan fingerprint density at radius 3 is 2.13 bits per heavy atom. The van der Waals surface area contributed by atoms with Gasteiger partial charge in [-0.3, -0.25) is 0 Å². The second-order valence-corrected chi connectivity index (χ2v) is 4.45. The summed E-state index contributed by atoms with van der Waals surface area (Å²) in [6.45, 7) is 8.36. The van der Waals surface area contributed by atoms with Crippen molar-refractivity contribution < 1.29 is 0 Å². The molecule has 0 aliphatic carbocycles. The van der Waals surface area contributed by atoms with Gasteiger partial charge in [0.25, 0.3) is 0 Å². The molecule has 0 rings (SSSR count). The lowest BCUT2D eigenvalue weighted by Crippen LogP contribution is -2.33. The second-order valence-electron chi connectivity index (χ2n) is 4.45. The summed E-state index contributed by atoms with van der Waals surface area (Å²) < 4.78 is 0. The third kappa shape index (κ3) is 6.72. The largest absolute Gasteiger partial charge is 0.317 e. The van der Waals surface area contributed by atoms with Crippen molar-refractivity contribution in [3.8, 4) is 0 Å². The fourth-order valence-corrected chi connectivity index (χ4v) is 2.39. The molecule has 1 nitrogen and oxygen atoms in total. The van der Waals surface area contributed by atoms with Crippen molar-refractivity contribution in [2.75, 3.05) is 7.05 Å². The number of rotatable bonds is 10. The lowest BCUT2D eigenvalue weighted by Gasteiger charge is -2.26. The van der Waals surface area contributed by atoms with Gasteiger partial charge in [-0.05, 0) is 45.1 Å². The van der Waals surface area contributed by atoms with Crippen LogP contribution in [0.1, 0.15) is 58.8 Å². The van der Waals surface area contributed by atoms with E-state index in [9.17, 15) is 0 Å². The molecule has 0 aromatic carbocycles. The van der Waals surface area contributed by atoms with Crippen LogP contribution in [0.25, 0.3) is 0 Å². The number of hydrogen-bond acceptors (Lipinski definition) is 1. The molecule has 0 saturated carbocycles. The second kappa shape index (κ2) is 10.2. The minimum atomic E-state index is 0.713. The third-order valence-corrected chi connectivity index (χ3v) is 3.18. The van der Waals surface area contributed by atoms with Crippen molar-refractivity contribution in [3.63, 3.8) is 0 Å². The molecule has 90 valence electrons. The van der Waals surface area contributed by atoms with E-state index in [0.717, 1.165) is 12.3 Å². The Hall–Kier alpha value is -0.300. The maximum atomic E-state index is 3.78. The van der Waals surface area contributed by atoms with Gasteiger partial charge in [0.15, 0.2) is 0 Å². The van der Waals surface area contributed by atoms with Crippen LogP contribution in [0.3, 0.4) is 0 Å². The van der Waals surface area contributed by atoms with Crippen LogP contribution in [0.4, 0.5) is 0 Å². The summed E-state index contributed by atoms with van der Waals surface area (Å²) in [5.74, 6) is 0.870. The molecular formula is C14H29N. The van der Waals surface area contributed by atoms with E-state index in [-0.39, 0.29) is 0 Å². The van der Waals surface area contributed by atoms with Crippen LogP contribution in [0, 0.1) is 5.92 Å². The van der Waals surface area contributed by atoms with E-state index in [0.29, 0.717) is 6.04 Å². The molecule has 0 amide bonds. The smallest absolute Gasteiger partial charge is 0.00924 e. The van der Waals surface area contributed by atoms with Gasteiger partial charge in [-0.15, -0.1) is 6.58 Å². The highest BCUT2D eigenvalue weighted by molar-refractivity contribution is 4.76. The first-order chi connectivity index (χ1) is 7.29. The van der Waals surface area contributed by atoms with E-state index >= 15 is 0 Å². The molecule has 15 heavy (non-hydrogen) atoms. The first kappa shape index (κ1) is 14.7. The van der Waals surface area contributed by atoms with Gasteiger partial charge in [0, 0.05) is 6.04 Å². The van der Waals surface area contributed by atoms with Crippen LogP contribution in [0.15, 0.2) is 12.7 Å². The summed E-state index contributed by atoms with van der Waals surface area (Å²) in [6.07, 6.45) is 11.1. The molecular weight excluding hydrogens is 182 g/mol.